The van der Waals surface area contributed by atoms with Crippen LogP contribution in [0.1, 0.15) is 168 Å². The van der Waals surface area contributed by atoms with Crippen LogP contribution in [0.5, 0.6) is 0 Å². The average molecular weight is 426 g/mol. The fourth-order valence-corrected chi connectivity index (χ4v) is 4.61. The second-order valence-electron chi connectivity index (χ2n) is 9.70. The van der Waals surface area contributed by atoms with Crippen molar-refractivity contribution >= 4 is 0 Å². The number of unbranched alkanes of at least 4 members (excludes halogenated alkanes) is 19. The van der Waals surface area contributed by atoms with E-state index < -0.39 is 0 Å². The van der Waals surface area contributed by atoms with Crippen LogP contribution in [0, 0.1) is 0 Å². The first kappa shape index (κ1) is 29.9. The minimum atomic E-state index is 0.391. The third kappa shape index (κ3) is 21.2. The van der Waals surface area contributed by atoms with Crippen molar-refractivity contribution < 1.29 is 5.21 Å². The first-order valence-corrected chi connectivity index (χ1v) is 14.2. The number of hydrogen-bond acceptors (Lipinski definition) is 2. The van der Waals surface area contributed by atoms with Gasteiger partial charge in [0.15, 0.2) is 0 Å². The van der Waals surface area contributed by atoms with Gasteiger partial charge in [0.25, 0.3) is 0 Å². The molecule has 0 aromatic rings. The highest BCUT2D eigenvalue weighted by Crippen LogP contribution is 2.18. The van der Waals surface area contributed by atoms with Crippen molar-refractivity contribution in [1.29, 1.82) is 0 Å². The van der Waals surface area contributed by atoms with Crippen molar-refractivity contribution in [3.8, 4) is 0 Å². The van der Waals surface area contributed by atoms with E-state index in [4.69, 9.17) is 0 Å². The summed E-state index contributed by atoms with van der Waals surface area (Å²) in [4.78, 5) is 0. The fourth-order valence-electron chi connectivity index (χ4n) is 4.61. The first-order chi connectivity index (χ1) is 14.8. The standard InChI is InChI=1S/C28H59NO/c1-4-7-9-11-13-15-17-19-21-23-25-27-28(29(30)6-3)26-24-22-20-18-16-14-12-10-8-5-2/h28,30H,4-27H2,1-3H3. The average Bonchev–Trinajstić information content (AvgIpc) is 2.76. The van der Waals surface area contributed by atoms with Gasteiger partial charge < -0.3 is 5.21 Å². The van der Waals surface area contributed by atoms with Gasteiger partial charge in [-0.05, 0) is 12.8 Å². The van der Waals surface area contributed by atoms with Crippen LogP contribution in [0.15, 0.2) is 0 Å². The molecule has 0 aliphatic heterocycles. The second-order valence-corrected chi connectivity index (χ2v) is 9.70. The molecule has 0 spiro atoms. The normalized spacial score (nSPS) is 12.7. The van der Waals surface area contributed by atoms with Crippen LogP contribution in [0.3, 0.4) is 0 Å². The van der Waals surface area contributed by atoms with Gasteiger partial charge in [-0.3, -0.25) is 0 Å². The molecular weight excluding hydrogens is 366 g/mol. The molecule has 2 heteroatoms. The molecule has 0 fully saturated rings. The molecule has 0 radical (unpaired) electrons. The van der Waals surface area contributed by atoms with Gasteiger partial charge in [0.1, 0.15) is 0 Å². The smallest absolute Gasteiger partial charge is 0.0350 e. The third-order valence-corrected chi connectivity index (χ3v) is 6.78. The second kappa shape index (κ2) is 25.2. The lowest BCUT2D eigenvalue weighted by molar-refractivity contribution is -0.127. The Morgan fingerprint density at radius 2 is 0.700 bits per heavy atom. The topological polar surface area (TPSA) is 23.5 Å². The van der Waals surface area contributed by atoms with Gasteiger partial charge in [-0.15, -0.1) is 0 Å². The van der Waals surface area contributed by atoms with Crippen LogP contribution in [0.25, 0.3) is 0 Å². The lowest BCUT2D eigenvalue weighted by atomic mass is 9.99. The van der Waals surface area contributed by atoms with Crippen molar-refractivity contribution in [3.63, 3.8) is 0 Å². The zero-order chi connectivity index (χ0) is 22.1. The zero-order valence-corrected chi connectivity index (χ0v) is 21.4. The van der Waals surface area contributed by atoms with Crippen molar-refractivity contribution in [3.05, 3.63) is 0 Å². The Morgan fingerprint density at radius 3 is 0.967 bits per heavy atom. The molecule has 0 aliphatic carbocycles. The van der Waals surface area contributed by atoms with Crippen LogP contribution in [-0.2, 0) is 0 Å². The molecule has 0 aliphatic rings. The van der Waals surface area contributed by atoms with E-state index >= 15 is 0 Å². The molecule has 0 aromatic heterocycles. The highest BCUT2D eigenvalue weighted by atomic mass is 16.5. The van der Waals surface area contributed by atoms with Gasteiger partial charge in [-0.2, -0.15) is 5.06 Å². The number of hydroxylamine groups is 2. The Bertz CT molecular complexity index is 307. The maximum absolute atomic E-state index is 10.3. The number of rotatable bonds is 25. The van der Waals surface area contributed by atoms with E-state index in [0.29, 0.717) is 6.04 Å². The molecule has 30 heavy (non-hydrogen) atoms. The van der Waals surface area contributed by atoms with Crippen LogP contribution in [-0.4, -0.2) is 22.9 Å². The van der Waals surface area contributed by atoms with Crippen LogP contribution < -0.4 is 0 Å². The Kier molecular flexibility index (Phi) is 25.1. The van der Waals surface area contributed by atoms with E-state index in [9.17, 15) is 5.21 Å². The van der Waals surface area contributed by atoms with Crippen molar-refractivity contribution in [2.45, 2.75) is 174 Å². The monoisotopic (exact) mass is 425 g/mol. The first-order valence-electron chi connectivity index (χ1n) is 14.2. The highest BCUT2D eigenvalue weighted by molar-refractivity contribution is 4.66. The Hall–Kier alpha value is -0.0800. The summed E-state index contributed by atoms with van der Waals surface area (Å²) in [6, 6.07) is 0.391. The lowest BCUT2D eigenvalue weighted by Crippen LogP contribution is -2.32. The Morgan fingerprint density at radius 1 is 0.433 bits per heavy atom. The quantitative estimate of drug-likeness (QED) is 0.116. The molecule has 0 heterocycles. The van der Waals surface area contributed by atoms with Crippen molar-refractivity contribution in [2.75, 3.05) is 6.54 Å². The number of nitrogens with zero attached hydrogens (tertiary/aromatic N) is 1. The molecule has 0 rings (SSSR count). The molecule has 0 amide bonds. The summed E-state index contributed by atoms with van der Waals surface area (Å²) in [5.74, 6) is 0. The molecule has 1 atom stereocenters. The van der Waals surface area contributed by atoms with Gasteiger partial charge in [0.05, 0.1) is 0 Å². The summed E-state index contributed by atoms with van der Waals surface area (Å²) in [7, 11) is 0. The van der Waals surface area contributed by atoms with E-state index in [1.165, 1.54) is 148 Å². The fraction of sp³-hybridized carbons (Fsp3) is 1.00. The van der Waals surface area contributed by atoms with Gasteiger partial charge >= 0.3 is 0 Å². The maximum Gasteiger partial charge on any atom is 0.0350 e. The predicted molar refractivity (Wildman–Crippen MR) is 135 cm³/mol. The van der Waals surface area contributed by atoms with E-state index in [0.717, 1.165) is 6.54 Å². The summed E-state index contributed by atoms with van der Waals surface area (Å²) in [5.41, 5.74) is 0. The molecule has 0 saturated carbocycles. The minimum absolute atomic E-state index is 0.391. The maximum atomic E-state index is 10.3. The van der Waals surface area contributed by atoms with Crippen molar-refractivity contribution in [1.82, 2.24) is 5.06 Å². The third-order valence-electron chi connectivity index (χ3n) is 6.78. The molecule has 1 N–H and O–H groups in total. The van der Waals surface area contributed by atoms with Crippen LogP contribution in [0.4, 0.5) is 0 Å². The Labute approximate surface area is 191 Å². The van der Waals surface area contributed by atoms with E-state index in [1.54, 1.807) is 5.06 Å². The van der Waals surface area contributed by atoms with Crippen LogP contribution in [0.2, 0.25) is 0 Å². The van der Waals surface area contributed by atoms with Gasteiger partial charge in [0.2, 0.25) is 0 Å². The summed E-state index contributed by atoms with van der Waals surface area (Å²) in [6.45, 7) is 7.42. The largest absolute Gasteiger partial charge is 0.314 e. The molecule has 0 aromatic carbocycles. The summed E-state index contributed by atoms with van der Waals surface area (Å²) in [5, 5.41) is 11.9. The highest BCUT2D eigenvalue weighted by Gasteiger charge is 2.14. The Balaban J connectivity index is 3.56. The van der Waals surface area contributed by atoms with Crippen LogP contribution >= 0.6 is 0 Å². The van der Waals surface area contributed by atoms with Crippen molar-refractivity contribution in [2.24, 2.45) is 0 Å². The number of hydrogen-bond donors (Lipinski definition) is 1. The van der Waals surface area contributed by atoms with Gasteiger partial charge in [0, 0.05) is 12.6 Å². The van der Waals surface area contributed by atoms with Gasteiger partial charge in [-0.25, -0.2) is 0 Å². The molecular formula is C28H59NO. The summed E-state index contributed by atoms with van der Waals surface area (Å²) < 4.78 is 0. The summed E-state index contributed by atoms with van der Waals surface area (Å²) >= 11 is 0. The van der Waals surface area contributed by atoms with E-state index in [2.05, 4.69) is 20.8 Å². The molecule has 2 nitrogen and oxygen atoms in total. The predicted octanol–water partition coefficient (Wildman–Crippen LogP) is 10.1. The summed E-state index contributed by atoms with van der Waals surface area (Å²) in [6.07, 6.45) is 31.7. The molecule has 182 valence electrons. The SMILES string of the molecule is CCCCCCCCCCCCCC(CCCCCCCCCCCC)N(O)CC. The van der Waals surface area contributed by atoms with E-state index in [-0.39, 0.29) is 0 Å². The molecule has 0 saturated heterocycles. The minimum Gasteiger partial charge on any atom is -0.314 e. The lowest BCUT2D eigenvalue weighted by Gasteiger charge is -2.25. The van der Waals surface area contributed by atoms with E-state index in [1.807, 2.05) is 0 Å². The molecule has 0 bridgehead atoms. The molecule has 1 unspecified atom stereocenters. The zero-order valence-electron chi connectivity index (χ0n) is 21.4. The van der Waals surface area contributed by atoms with Gasteiger partial charge in [-0.1, -0.05) is 156 Å².